The van der Waals surface area contributed by atoms with Gasteiger partial charge >= 0.3 is 15.4 Å². The first-order valence-electron chi connectivity index (χ1n) is 4.16. The van der Waals surface area contributed by atoms with Crippen molar-refractivity contribution in [1.29, 1.82) is 5.41 Å². The van der Waals surface area contributed by atoms with Crippen molar-refractivity contribution in [3.8, 4) is 0 Å². The molecule has 0 spiro atoms. The molecule has 0 atom stereocenters. The van der Waals surface area contributed by atoms with Gasteiger partial charge in [0.15, 0.2) is 5.78 Å². The Bertz CT molecular complexity index is 226. The molecule has 0 aromatic heterocycles. The lowest BCUT2D eigenvalue weighted by molar-refractivity contribution is -0.114. The zero-order valence-corrected chi connectivity index (χ0v) is 9.72. The quantitative estimate of drug-likeness (QED) is 0.276. The summed E-state index contributed by atoms with van der Waals surface area (Å²) in [6.45, 7) is 2.03. The Hall–Kier alpha value is -0.628. The Morgan fingerprint density at radius 2 is 2.31 bits per heavy atom. The third kappa shape index (κ3) is 4.23. The van der Waals surface area contributed by atoms with Gasteiger partial charge in [0.25, 0.3) is 0 Å². The average molecular weight is 198 g/mol. The molecule has 0 radical (unpaired) electrons. The largest absolute Gasteiger partial charge is 0.495 e. The molecule has 0 aromatic rings. The topological polar surface area (TPSA) is 62.2 Å². The zero-order valence-electron chi connectivity index (χ0n) is 8.31. The summed E-state index contributed by atoms with van der Waals surface area (Å²) in [5, 5.41) is 6.99. The minimum absolute atomic E-state index is 0.00491. The van der Waals surface area contributed by atoms with Crippen LogP contribution in [0.15, 0.2) is 11.3 Å². The molecule has 72 valence electrons. The SMILES string of the molecule is CO/C(C=N)=C(\C)C(=O)C[NH][AlH][CH3]. The number of nitrogens with one attached hydrogen (secondary N) is 2. The van der Waals surface area contributed by atoms with Crippen LogP contribution in [0.4, 0.5) is 0 Å². The molecule has 0 aromatic carbocycles. The van der Waals surface area contributed by atoms with Gasteiger partial charge in [-0.05, 0) is 6.92 Å². The normalized spacial score (nSPS) is 11.6. The summed E-state index contributed by atoms with van der Waals surface area (Å²) >= 11 is -0.289. The van der Waals surface area contributed by atoms with Crippen LogP contribution >= 0.6 is 0 Å². The van der Waals surface area contributed by atoms with Gasteiger partial charge in [-0.1, -0.05) is 5.79 Å². The number of ether oxygens (including phenoxy) is 1. The lowest BCUT2D eigenvalue weighted by Gasteiger charge is -2.05. The van der Waals surface area contributed by atoms with E-state index in [1.54, 1.807) is 6.92 Å². The van der Waals surface area contributed by atoms with E-state index in [2.05, 4.69) is 10.1 Å². The second kappa shape index (κ2) is 6.84. The van der Waals surface area contributed by atoms with Crippen LogP contribution in [0.5, 0.6) is 0 Å². The first kappa shape index (κ1) is 12.4. The van der Waals surface area contributed by atoms with Crippen LogP contribution in [0.1, 0.15) is 6.92 Å². The molecule has 0 unspecified atom stereocenters. The van der Waals surface area contributed by atoms with Crippen LogP contribution in [0, 0.1) is 5.41 Å². The number of carbonyl (C=O) groups is 1. The van der Waals surface area contributed by atoms with E-state index in [1.807, 2.05) is 0 Å². The molecule has 0 aliphatic carbocycles. The lowest BCUT2D eigenvalue weighted by atomic mass is 10.2. The maximum absolute atomic E-state index is 11.4. The van der Waals surface area contributed by atoms with E-state index in [4.69, 9.17) is 10.1 Å². The molecule has 0 heterocycles. The molecule has 0 fully saturated rings. The molecule has 2 N–H and O–H groups in total. The first-order chi connectivity index (χ1) is 6.17. The van der Waals surface area contributed by atoms with E-state index < -0.39 is 0 Å². The third-order valence-corrected chi connectivity index (χ3v) is 2.42. The number of hydrogen-bond donors (Lipinski definition) is 2. The Labute approximate surface area is 84.8 Å². The summed E-state index contributed by atoms with van der Waals surface area (Å²) in [5.41, 5.74) is 0.507. The predicted molar refractivity (Wildman–Crippen MR) is 54.5 cm³/mol. The fraction of sp³-hybridized carbons (Fsp3) is 0.500. The van der Waals surface area contributed by atoms with Gasteiger partial charge in [-0.2, -0.15) is 0 Å². The summed E-state index contributed by atoms with van der Waals surface area (Å²) in [6.07, 6.45) is 1.05. The highest BCUT2D eigenvalue weighted by molar-refractivity contribution is 6.30. The van der Waals surface area contributed by atoms with Crippen LogP contribution < -0.4 is 4.30 Å². The number of rotatable bonds is 6. The fourth-order valence-corrected chi connectivity index (χ4v) is 1.31. The van der Waals surface area contributed by atoms with Gasteiger partial charge in [0.1, 0.15) is 5.76 Å². The second-order valence-electron chi connectivity index (χ2n) is 2.54. The first-order valence-corrected chi connectivity index (χ1v) is 6.28. The maximum atomic E-state index is 11.4. The van der Waals surface area contributed by atoms with Crippen LogP contribution in [0.25, 0.3) is 0 Å². The zero-order chi connectivity index (χ0) is 10.3. The molecule has 0 rings (SSSR count). The number of Topliss-reactive ketones (excluding diaryl/α,β-unsaturated/α-hetero) is 1. The number of ketones is 1. The fourth-order valence-electron chi connectivity index (χ4n) is 0.829. The molecular weight excluding hydrogens is 183 g/mol. The summed E-state index contributed by atoms with van der Waals surface area (Å²) in [4.78, 5) is 11.4. The van der Waals surface area contributed by atoms with Crippen molar-refractivity contribution >= 4 is 27.4 Å². The summed E-state index contributed by atoms with van der Waals surface area (Å²) < 4.78 is 7.92. The number of carbonyl (C=O) groups excluding carboxylic acids is 1. The second-order valence-corrected chi connectivity index (χ2v) is 3.75. The van der Waals surface area contributed by atoms with Crippen LogP contribution in [-0.4, -0.2) is 41.1 Å². The average Bonchev–Trinajstić information content (AvgIpc) is 2.15. The lowest BCUT2D eigenvalue weighted by Crippen LogP contribution is -2.25. The number of methoxy groups -OCH3 is 1. The Kier molecular flexibility index (Phi) is 6.51. The summed E-state index contributed by atoms with van der Waals surface area (Å²) in [5.74, 6) is 2.40. The van der Waals surface area contributed by atoms with Gasteiger partial charge in [-0.3, -0.25) is 4.79 Å². The highest BCUT2D eigenvalue weighted by atomic mass is 27.1. The van der Waals surface area contributed by atoms with Crippen molar-refractivity contribution in [2.75, 3.05) is 13.7 Å². The van der Waals surface area contributed by atoms with Gasteiger partial charge in [-0.15, -0.1) is 0 Å². The summed E-state index contributed by atoms with van der Waals surface area (Å²) in [7, 11) is 1.46. The predicted octanol–water partition coefficient (Wildman–Crippen LogP) is 0.115. The smallest absolute Gasteiger partial charge is 0.341 e. The van der Waals surface area contributed by atoms with Crippen molar-refractivity contribution < 1.29 is 9.53 Å². The van der Waals surface area contributed by atoms with Gasteiger partial charge < -0.3 is 14.4 Å². The molecule has 13 heavy (non-hydrogen) atoms. The van der Waals surface area contributed by atoms with Crippen LogP contribution in [0.3, 0.4) is 0 Å². The minimum Gasteiger partial charge on any atom is -0.495 e. The van der Waals surface area contributed by atoms with E-state index in [1.165, 1.54) is 7.11 Å². The molecule has 4 nitrogen and oxygen atoms in total. The van der Waals surface area contributed by atoms with Gasteiger partial charge in [0.05, 0.1) is 13.3 Å². The van der Waals surface area contributed by atoms with Crippen LogP contribution in [-0.2, 0) is 9.53 Å². The molecule has 0 aliphatic rings. The molecular formula is C8H15AlN2O2. The van der Waals surface area contributed by atoms with Gasteiger partial charge in [-0.25, -0.2) is 0 Å². The van der Waals surface area contributed by atoms with Crippen molar-refractivity contribution in [1.82, 2.24) is 4.30 Å². The van der Waals surface area contributed by atoms with E-state index >= 15 is 0 Å². The Balaban J connectivity index is 4.36. The maximum Gasteiger partial charge on any atom is 0.341 e. The van der Waals surface area contributed by atoms with Crippen molar-refractivity contribution in [2.45, 2.75) is 12.7 Å². The Morgan fingerprint density at radius 1 is 1.69 bits per heavy atom. The van der Waals surface area contributed by atoms with Crippen molar-refractivity contribution in [2.24, 2.45) is 0 Å². The highest BCUT2D eigenvalue weighted by Crippen LogP contribution is 2.02. The molecule has 0 bridgehead atoms. The monoisotopic (exact) mass is 198 g/mol. The Morgan fingerprint density at radius 3 is 2.69 bits per heavy atom. The van der Waals surface area contributed by atoms with Crippen molar-refractivity contribution in [3.05, 3.63) is 11.3 Å². The molecule has 0 aliphatic heterocycles. The molecule has 0 saturated carbocycles. The number of allylic oxidation sites excluding steroid dienone is 1. The number of hydrogen-bond acceptors (Lipinski definition) is 4. The molecule has 0 saturated heterocycles. The standard InChI is InChI=1S/C7H11N2O2.CH3.Al.H/c1-5(6(10)3-8)7(4-9)11-2;;;/h4,8-9H,3H2,1-2H3;1H3;;/q-1;;+1;/b7-5+,9-4?;;;. The van der Waals surface area contributed by atoms with E-state index in [0.717, 1.165) is 6.21 Å². The molecule has 5 heteroatoms. The van der Waals surface area contributed by atoms with E-state index in [9.17, 15) is 4.79 Å². The van der Waals surface area contributed by atoms with Crippen molar-refractivity contribution in [3.63, 3.8) is 0 Å². The van der Waals surface area contributed by atoms with E-state index in [-0.39, 0.29) is 21.2 Å². The van der Waals surface area contributed by atoms with Crippen LogP contribution in [0.2, 0.25) is 5.79 Å². The summed E-state index contributed by atoms with van der Waals surface area (Å²) in [6, 6.07) is 0. The highest BCUT2D eigenvalue weighted by Gasteiger charge is 2.08. The molecule has 0 amide bonds. The van der Waals surface area contributed by atoms with E-state index in [0.29, 0.717) is 17.9 Å². The minimum atomic E-state index is -0.289. The van der Waals surface area contributed by atoms with Gasteiger partial charge in [0.2, 0.25) is 0 Å². The third-order valence-electron chi connectivity index (χ3n) is 1.67. The van der Waals surface area contributed by atoms with Gasteiger partial charge in [0, 0.05) is 12.1 Å².